The van der Waals surface area contributed by atoms with Crippen LogP contribution < -0.4 is 11.5 Å². The number of rotatable bonds is 6. The molecule has 30 heavy (non-hydrogen) atoms. The average molecular weight is 417 g/mol. The monoisotopic (exact) mass is 417 g/mol. The van der Waals surface area contributed by atoms with Crippen molar-refractivity contribution >= 4 is 5.65 Å². The van der Waals surface area contributed by atoms with Crippen molar-refractivity contribution in [2.45, 2.75) is 56.2 Å². The molecule has 8 heteroatoms. The second-order valence-electron chi connectivity index (χ2n) is 8.16. The maximum Gasteiger partial charge on any atom is 0.431 e. The Kier molecular flexibility index (Phi) is 5.55. The Morgan fingerprint density at radius 2 is 2.00 bits per heavy atom. The third kappa shape index (κ3) is 3.94. The first-order valence-corrected chi connectivity index (χ1v) is 10.3. The quantitative estimate of drug-likeness (QED) is 0.638. The predicted molar refractivity (Wildman–Crippen MR) is 109 cm³/mol. The zero-order chi connectivity index (χ0) is 21.4. The van der Waals surface area contributed by atoms with Crippen molar-refractivity contribution in [2.75, 3.05) is 6.54 Å². The number of nitrogens with zero attached hydrogens (tertiary/aromatic N) is 3. The van der Waals surface area contributed by atoms with Gasteiger partial charge in [0.25, 0.3) is 0 Å². The van der Waals surface area contributed by atoms with Gasteiger partial charge in [0.1, 0.15) is 11.3 Å². The summed E-state index contributed by atoms with van der Waals surface area (Å²) in [6.45, 7) is 0.504. The minimum atomic E-state index is -4.46. The Balaban J connectivity index is 1.72. The predicted octanol–water partition coefficient (Wildman–Crippen LogP) is 3.85. The summed E-state index contributed by atoms with van der Waals surface area (Å²) in [4.78, 5) is 9.08. The molecule has 3 aromatic rings. The van der Waals surface area contributed by atoms with Crippen LogP contribution in [-0.4, -0.2) is 26.5 Å². The first-order valence-electron chi connectivity index (χ1n) is 10.3. The Morgan fingerprint density at radius 1 is 1.17 bits per heavy atom. The van der Waals surface area contributed by atoms with Crippen LogP contribution in [0.4, 0.5) is 13.2 Å². The molecule has 2 atom stereocenters. The molecule has 1 aliphatic rings. The van der Waals surface area contributed by atoms with Crippen molar-refractivity contribution in [1.82, 2.24) is 14.4 Å². The van der Waals surface area contributed by atoms with Crippen LogP contribution in [-0.2, 0) is 19.0 Å². The molecule has 5 nitrogen and oxygen atoms in total. The number of aromatic nitrogens is 3. The Bertz CT molecular complexity index is 1030. The molecular formula is C22H26F3N5. The molecule has 1 aliphatic carbocycles. The van der Waals surface area contributed by atoms with Crippen molar-refractivity contribution in [3.05, 3.63) is 65.4 Å². The number of halogens is 3. The van der Waals surface area contributed by atoms with Gasteiger partial charge >= 0.3 is 6.18 Å². The van der Waals surface area contributed by atoms with Gasteiger partial charge in [0.15, 0.2) is 0 Å². The Labute approximate surface area is 173 Å². The molecule has 0 radical (unpaired) electrons. The highest BCUT2D eigenvalue weighted by molar-refractivity contribution is 5.43. The highest BCUT2D eigenvalue weighted by Crippen LogP contribution is 2.40. The van der Waals surface area contributed by atoms with E-state index in [9.17, 15) is 13.2 Å². The summed E-state index contributed by atoms with van der Waals surface area (Å²) in [5, 5.41) is 0. The van der Waals surface area contributed by atoms with Crippen LogP contribution >= 0.6 is 0 Å². The molecular weight excluding hydrogens is 391 g/mol. The van der Waals surface area contributed by atoms with Crippen molar-refractivity contribution < 1.29 is 13.2 Å². The van der Waals surface area contributed by atoms with E-state index in [2.05, 4.69) is 16.0 Å². The summed E-state index contributed by atoms with van der Waals surface area (Å²) >= 11 is 0. The number of nitrogens with two attached hydrogens (primary N) is 2. The van der Waals surface area contributed by atoms with Crippen LogP contribution in [0.3, 0.4) is 0 Å². The summed E-state index contributed by atoms with van der Waals surface area (Å²) < 4.78 is 41.3. The fourth-order valence-corrected chi connectivity index (χ4v) is 4.70. The van der Waals surface area contributed by atoms with E-state index in [1.807, 2.05) is 6.07 Å². The molecule has 0 spiro atoms. The lowest BCUT2D eigenvalue weighted by Gasteiger charge is -2.40. The largest absolute Gasteiger partial charge is 0.431 e. The smallest absolute Gasteiger partial charge is 0.330 e. The van der Waals surface area contributed by atoms with E-state index >= 15 is 0 Å². The van der Waals surface area contributed by atoms with Crippen LogP contribution in [0.5, 0.6) is 0 Å². The molecule has 160 valence electrons. The maximum atomic E-state index is 13.4. The second-order valence-corrected chi connectivity index (χ2v) is 8.16. The number of alkyl halides is 3. The molecule has 0 amide bonds. The van der Waals surface area contributed by atoms with Gasteiger partial charge in [-0.15, -0.1) is 0 Å². The van der Waals surface area contributed by atoms with Gasteiger partial charge in [-0.2, -0.15) is 13.2 Å². The maximum absolute atomic E-state index is 13.4. The van der Waals surface area contributed by atoms with E-state index in [1.54, 1.807) is 12.3 Å². The minimum absolute atomic E-state index is 0.0147. The summed E-state index contributed by atoms with van der Waals surface area (Å²) in [6.07, 6.45) is 3.41. The highest BCUT2D eigenvalue weighted by atomic mass is 19.4. The minimum Gasteiger partial charge on any atom is -0.330 e. The number of imidazole rings is 1. The van der Waals surface area contributed by atoms with E-state index in [-0.39, 0.29) is 11.6 Å². The summed E-state index contributed by atoms with van der Waals surface area (Å²) in [7, 11) is 0. The van der Waals surface area contributed by atoms with Crippen LogP contribution in [0, 0.1) is 0 Å². The lowest BCUT2D eigenvalue weighted by Crippen LogP contribution is -2.49. The van der Waals surface area contributed by atoms with E-state index in [1.165, 1.54) is 17.8 Å². The molecule has 0 saturated heterocycles. The third-order valence-corrected chi connectivity index (χ3v) is 6.08. The first kappa shape index (κ1) is 20.8. The Morgan fingerprint density at radius 3 is 2.77 bits per heavy atom. The van der Waals surface area contributed by atoms with Crippen LogP contribution in [0.15, 0.2) is 42.7 Å². The molecule has 0 aromatic carbocycles. The van der Waals surface area contributed by atoms with Gasteiger partial charge in [-0.05, 0) is 62.4 Å². The van der Waals surface area contributed by atoms with Crippen molar-refractivity contribution in [3.63, 3.8) is 0 Å². The van der Waals surface area contributed by atoms with Gasteiger partial charge in [-0.3, -0.25) is 9.38 Å². The van der Waals surface area contributed by atoms with Crippen molar-refractivity contribution in [1.29, 1.82) is 0 Å². The average Bonchev–Trinajstić information content (AvgIpc) is 3.13. The molecule has 4 N–H and O–H groups in total. The Hall–Kier alpha value is -2.45. The van der Waals surface area contributed by atoms with E-state index in [4.69, 9.17) is 11.5 Å². The molecule has 0 bridgehead atoms. The summed E-state index contributed by atoms with van der Waals surface area (Å²) in [6, 6.07) is 8.02. The summed E-state index contributed by atoms with van der Waals surface area (Å²) in [5.74, 6) is 0.0147. The van der Waals surface area contributed by atoms with E-state index in [0.717, 1.165) is 41.8 Å². The lowest BCUT2D eigenvalue weighted by atomic mass is 9.70. The van der Waals surface area contributed by atoms with Crippen molar-refractivity contribution in [2.24, 2.45) is 11.5 Å². The van der Waals surface area contributed by atoms with Crippen LogP contribution in [0.25, 0.3) is 5.65 Å². The molecule has 0 saturated carbocycles. The number of hydrogen-bond donors (Lipinski definition) is 2. The highest BCUT2D eigenvalue weighted by Gasteiger charge is 2.40. The SMILES string of the molecule is NCCCC(N)(Cc1cn2c(C(F)(F)F)cccc2n1)C1CCCc2cccnc21. The van der Waals surface area contributed by atoms with Crippen LogP contribution in [0.1, 0.15) is 54.2 Å². The van der Waals surface area contributed by atoms with Gasteiger partial charge in [-0.1, -0.05) is 12.1 Å². The molecule has 0 aliphatic heterocycles. The fraction of sp³-hybridized carbons (Fsp3) is 0.455. The lowest BCUT2D eigenvalue weighted by molar-refractivity contribution is -0.142. The van der Waals surface area contributed by atoms with Gasteiger partial charge in [0.05, 0.1) is 5.69 Å². The number of aryl methyl sites for hydroxylation is 1. The topological polar surface area (TPSA) is 82.2 Å². The number of pyridine rings is 2. The molecule has 4 rings (SSSR count). The normalized spacial score (nSPS) is 18.9. The zero-order valence-corrected chi connectivity index (χ0v) is 16.7. The number of hydrogen-bond acceptors (Lipinski definition) is 4. The van der Waals surface area contributed by atoms with Gasteiger partial charge in [0.2, 0.25) is 0 Å². The van der Waals surface area contributed by atoms with E-state index in [0.29, 0.717) is 25.1 Å². The first-order chi connectivity index (χ1) is 14.3. The molecule has 3 heterocycles. The second kappa shape index (κ2) is 8.00. The van der Waals surface area contributed by atoms with Crippen LogP contribution in [0.2, 0.25) is 0 Å². The van der Waals surface area contributed by atoms with Crippen molar-refractivity contribution in [3.8, 4) is 0 Å². The summed E-state index contributed by atoms with van der Waals surface area (Å²) in [5.41, 5.74) is 14.3. The molecule has 0 fully saturated rings. The fourth-order valence-electron chi connectivity index (χ4n) is 4.70. The van der Waals surface area contributed by atoms with Gasteiger partial charge in [-0.25, -0.2) is 4.98 Å². The third-order valence-electron chi connectivity index (χ3n) is 6.08. The molecule has 3 aromatic heterocycles. The standard InChI is InChI=1S/C22H26F3N5/c23-22(24,25)18-8-2-9-19-29-16(14-30(18)19)13-21(27,10-4-11-26)17-7-1-5-15-6-3-12-28-20(15)17/h2-3,6,8-9,12,14,17H,1,4-5,7,10-11,13,26-27H2. The van der Waals surface area contributed by atoms with Gasteiger partial charge < -0.3 is 11.5 Å². The number of fused-ring (bicyclic) bond motifs is 2. The van der Waals surface area contributed by atoms with E-state index < -0.39 is 17.4 Å². The zero-order valence-electron chi connectivity index (χ0n) is 16.7. The molecule has 2 unspecified atom stereocenters. The van der Waals surface area contributed by atoms with Gasteiger partial charge in [0, 0.05) is 36.0 Å².